The smallest absolute Gasteiger partial charge is 0.0715 e. The molecule has 1 aliphatic carbocycles. The van der Waals surface area contributed by atoms with E-state index in [0.29, 0.717) is 0 Å². The Labute approximate surface area is 129 Å². The van der Waals surface area contributed by atoms with E-state index in [-0.39, 0.29) is 5.56 Å². The number of aryl methyl sites for hydroxylation is 1. The minimum absolute atomic E-state index is 0.165. The largest absolute Gasteiger partial charge is 0.545 e. The van der Waals surface area contributed by atoms with E-state index in [2.05, 4.69) is 28.7 Å². The summed E-state index contributed by atoms with van der Waals surface area (Å²) in [5, 5.41) is 15.3. The molecule has 0 spiro atoms. The Morgan fingerprint density at radius 2 is 1.73 bits per heavy atom. The topological polar surface area (TPSA) is 64.5 Å². The summed E-state index contributed by atoms with van der Waals surface area (Å²) < 4.78 is 0. The van der Waals surface area contributed by atoms with E-state index in [4.69, 9.17) is 0 Å². The highest BCUT2D eigenvalue weighted by atomic mass is 16.4. The molecule has 1 aliphatic rings. The number of carboxylic acids is 1. The molecule has 0 radical (unpaired) electrons. The number of carbonyl (C=O) groups excluding carboxylic acids is 1. The minimum Gasteiger partial charge on any atom is -0.545 e. The van der Waals surface area contributed by atoms with Gasteiger partial charge in [-0.05, 0) is 48.9 Å². The zero-order valence-electron chi connectivity index (χ0n) is 12.2. The molecule has 0 heterocycles. The van der Waals surface area contributed by atoms with Gasteiger partial charge in [-0.15, -0.1) is 0 Å². The number of hydrazone groups is 1. The summed E-state index contributed by atoms with van der Waals surface area (Å²) in [7, 11) is 0. The van der Waals surface area contributed by atoms with Crippen LogP contribution < -0.4 is 10.5 Å². The van der Waals surface area contributed by atoms with Crippen LogP contribution in [0.5, 0.6) is 0 Å². The summed E-state index contributed by atoms with van der Waals surface area (Å²) in [6.07, 6.45) is 4.34. The van der Waals surface area contributed by atoms with Crippen LogP contribution in [-0.4, -0.2) is 11.7 Å². The summed E-state index contributed by atoms with van der Waals surface area (Å²) in [6.45, 7) is 0. The predicted octanol–water partition coefficient (Wildman–Crippen LogP) is 2.59. The van der Waals surface area contributed by atoms with Gasteiger partial charge in [0.15, 0.2) is 0 Å². The molecular weight excluding hydrogens is 276 g/mol. The summed E-state index contributed by atoms with van der Waals surface area (Å²) in [5.41, 5.74) is 7.55. The van der Waals surface area contributed by atoms with Crippen molar-refractivity contribution in [3.8, 4) is 0 Å². The fraction of sp³-hybridized carbons (Fsp3) is 0.222. The molecule has 0 unspecified atom stereocenters. The second-order valence-electron chi connectivity index (χ2n) is 5.40. The normalized spacial score (nSPS) is 15.9. The highest BCUT2D eigenvalue weighted by Gasteiger charge is 2.13. The molecule has 0 fully saturated rings. The Kier molecular flexibility index (Phi) is 4.19. The molecule has 112 valence electrons. The number of anilines is 1. The molecule has 2 aromatic rings. The molecule has 0 saturated heterocycles. The zero-order chi connectivity index (χ0) is 15.4. The van der Waals surface area contributed by atoms with Gasteiger partial charge in [-0.2, -0.15) is 5.10 Å². The second kappa shape index (κ2) is 6.43. The molecule has 2 aromatic carbocycles. The number of carboxylic acid groups (broad SMARTS) is 1. The third-order valence-corrected chi connectivity index (χ3v) is 3.88. The van der Waals surface area contributed by atoms with Crippen molar-refractivity contribution in [2.75, 3.05) is 5.43 Å². The van der Waals surface area contributed by atoms with E-state index < -0.39 is 5.97 Å². The molecule has 1 N–H and O–H groups in total. The van der Waals surface area contributed by atoms with Crippen molar-refractivity contribution >= 4 is 17.4 Å². The molecular formula is C18H17N2O2-. The van der Waals surface area contributed by atoms with Crippen molar-refractivity contribution in [3.05, 3.63) is 65.2 Å². The van der Waals surface area contributed by atoms with Crippen molar-refractivity contribution in [3.63, 3.8) is 0 Å². The van der Waals surface area contributed by atoms with Gasteiger partial charge in [0.05, 0.1) is 17.4 Å². The Bertz CT molecular complexity index is 705. The van der Waals surface area contributed by atoms with Crippen LogP contribution >= 0.6 is 0 Å². The molecule has 4 nitrogen and oxygen atoms in total. The number of carbonyl (C=O) groups is 1. The van der Waals surface area contributed by atoms with Crippen molar-refractivity contribution < 1.29 is 9.90 Å². The summed E-state index contributed by atoms with van der Waals surface area (Å²) in [4.78, 5) is 10.7. The van der Waals surface area contributed by atoms with Crippen LogP contribution in [-0.2, 0) is 6.42 Å². The van der Waals surface area contributed by atoms with Crippen molar-refractivity contribution in [2.24, 2.45) is 5.10 Å². The van der Waals surface area contributed by atoms with E-state index in [1.807, 2.05) is 6.07 Å². The van der Waals surface area contributed by atoms with E-state index in [9.17, 15) is 9.90 Å². The maximum atomic E-state index is 10.7. The number of benzene rings is 2. The fourth-order valence-corrected chi connectivity index (χ4v) is 2.69. The van der Waals surface area contributed by atoms with Gasteiger partial charge in [-0.1, -0.05) is 36.4 Å². The van der Waals surface area contributed by atoms with Gasteiger partial charge in [0.2, 0.25) is 0 Å². The molecule has 0 amide bonds. The van der Waals surface area contributed by atoms with Gasteiger partial charge in [0.1, 0.15) is 0 Å². The zero-order valence-corrected chi connectivity index (χ0v) is 12.2. The molecule has 0 bridgehead atoms. The highest BCUT2D eigenvalue weighted by Crippen LogP contribution is 2.21. The van der Waals surface area contributed by atoms with Gasteiger partial charge < -0.3 is 9.90 Å². The average Bonchev–Trinajstić information content (AvgIpc) is 2.75. The lowest BCUT2D eigenvalue weighted by Crippen LogP contribution is -2.21. The molecule has 4 heteroatoms. The molecule has 22 heavy (non-hydrogen) atoms. The van der Waals surface area contributed by atoms with Crippen molar-refractivity contribution in [2.45, 2.75) is 25.7 Å². The van der Waals surface area contributed by atoms with Gasteiger partial charge in [-0.25, -0.2) is 0 Å². The fourth-order valence-electron chi connectivity index (χ4n) is 2.69. The van der Waals surface area contributed by atoms with Crippen LogP contribution in [0.3, 0.4) is 0 Å². The Morgan fingerprint density at radius 1 is 1.00 bits per heavy atom. The highest BCUT2D eigenvalue weighted by molar-refractivity contribution is 6.02. The van der Waals surface area contributed by atoms with Gasteiger partial charge in [0.25, 0.3) is 0 Å². The standard InChI is InChI=1S/C18H18N2O2/c21-18(22)14-9-11-15(12-10-14)19-20-17-8-4-2-6-13-5-1-3-7-16(13)17/h1,3,5,7,9-12,19H,2,4,6,8H2,(H,21,22)/p-1/b20-17+. The average molecular weight is 293 g/mol. The van der Waals surface area contributed by atoms with Crippen LogP contribution in [0.15, 0.2) is 53.6 Å². The van der Waals surface area contributed by atoms with E-state index in [0.717, 1.165) is 30.7 Å². The summed E-state index contributed by atoms with van der Waals surface area (Å²) >= 11 is 0. The van der Waals surface area contributed by atoms with Crippen LogP contribution in [0.1, 0.15) is 40.7 Å². The second-order valence-corrected chi connectivity index (χ2v) is 5.40. The SMILES string of the molecule is O=C([O-])c1ccc(N/N=C2\CCCCc3ccccc32)cc1. The Hall–Kier alpha value is -2.62. The summed E-state index contributed by atoms with van der Waals surface area (Å²) in [6, 6.07) is 14.8. The maximum Gasteiger partial charge on any atom is 0.0715 e. The van der Waals surface area contributed by atoms with E-state index in [1.54, 1.807) is 12.1 Å². The van der Waals surface area contributed by atoms with Crippen molar-refractivity contribution in [1.29, 1.82) is 0 Å². The maximum absolute atomic E-state index is 10.7. The minimum atomic E-state index is -1.17. The van der Waals surface area contributed by atoms with Crippen LogP contribution in [0.25, 0.3) is 0 Å². The first-order valence-corrected chi connectivity index (χ1v) is 7.46. The first-order valence-electron chi connectivity index (χ1n) is 7.46. The van der Waals surface area contributed by atoms with Crippen LogP contribution in [0.4, 0.5) is 5.69 Å². The Morgan fingerprint density at radius 3 is 2.50 bits per heavy atom. The number of nitrogens with zero attached hydrogens (tertiary/aromatic N) is 1. The van der Waals surface area contributed by atoms with E-state index >= 15 is 0 Å². The number of nitrogens with one attached hydrogen (secondary N) is 1. The molecule has 3 rings (SSSR count). The lowest BCUT2D eigenvalue weighted by Gasteiger charge is -2.09. The molecule has 0 atom stereocenters. The number of aromatic carboxylic acids is 1. The van der Waals surface area contributed by atoms with Crippen molar-refractivity contribution in [1.82, 2.24) is 0 Å². The lowest BCUT2D eigenvalue weighted by atomic mass is 10.0. The quantitative estimate of drug-likeness (QED) is 0.699. The molecule has 0 aromatic heterocycles. The van der Waals surface area contributed by atoms with Crippen LogP contribution in [0, 0.1) is 0 Å². The number of hydrogen-bond donors (Lipinski definition) is 1. The first kappa shape index (κ1) is 14.3. The van der Waals surface area contributed by atoms with Gasteiger partial charge >= 0.3 is 0 Å². The monoisotopic (exact) mass is 293 g/mol. The lowest BCUT2D eigenvalue weighted by molar-refractivity contribution is -0.255. The Balaban J connectivity index is 1.81. The molecule has 0 aliphatic heterocycles. The third kappa shape index (κ3) is 3.17. The van der Waals surface area contributed by atoms with Crippen LogP contribution in [0.2, 0.25) is 0 Å². The number of fused-ring (bicyclic) bond motifs is 1. The van der Waals surface area contributed by atoms with Gasteiger partial charge in [0, 0.05) is 5.56 Å². The number of hydrogen-bond acceptors (Lipinski definition) is 4. The predicted molar refractivity (Wildman–Crippen MR) is 84.9 cm³/mol. The first-order chi connectivity index (χ1) is 10.7. The van der Waals surface area contributed by atoms with Gasteiger partial charge in [-0.3, -0.25) is 5.43 Å². The molecule has 0 saturated carbocycles. The summed E-state index contributed by atoms with van der Waals surface area (Å²) in [5.74, 6) is -1.17. The third-order valence-electron chi connectivity index (χ3n) is 3.88. The van der Waals surface area contributed by atoms with E-state index in [1.165, 1.54) is 29.7 Å². The number of rotatable bonds is 3.